The van der Waals surface area contributed by atoms with E-state index in [2.05, 4.69) is 15.9 Å². The minimum Gasteiger partial charge on any atom is -0.456 e. The average molecular weight is 336 g/mol. The predicted molar refractivity (Wildman–Crippen MR) is 76.0 cm³/mol. The molecule has 2 aromatic carbocycles. The van der Waals surface area contributed by atoms with Crippen molar-refractivity contribution in [3.8, 4) is 17.6 Å². The summed E-state index contributed by atoms with van der Waals surface area (Å²) in [7, 11) is 0. The van der Waals surface area contributed by atoms with Crippen LogP contribution >= 0.6 is 15.9 Å². The van der Waals surface area contributed by atoms with E-state index in [0.717, 1.165) is 11.6 Å². The number of ether oxygens (including phenoxy) is 1. The molecule has 0 aliphatic heterocycles. The molecule has 102 valence electrons. The number of halogens is 2. The van der Waals surface area contributed by atoms with Gasteiger partial charge in [0.25, 0.3) is 0 Å². The molecule has 2 rings (SSSR count). The van der Waals surface area contributed by atoms with Crippen molar-refractivity contribution in [3.63, 3.8) is 0 Å². The molecule has 20 heavy (non-hydrogen) atoms. The van der Waals surface area contributed by atoms with Crippen molar-refractivity contribution in [2.45, 2.75) is 13.0 Å². The molecule has 2 aromatic rings. The van der Waals surface area contributed by atoms with Gasteiger partial charge in [0.2, 0.25) is 0 Å². The van der Waals surface area contributed by atoms with E-state index in [4.69, 9.17) is 10.00 Å². The number of hydrogen-bond acceptors (Lipinski definition) is 3. The minimum atomic E-state index is -0.623. The molecule has 0 aromatic heterocycles. The molecule has 0 radical (unpaired) electrons. The molecule has 0 unspecified atom stereocenters. The summed E-state index contributed by atoms with van der Waals surface area (Å²) in [6.07, 6.45) is -0.576. The predicted octanol–water partition coefficient (Wildman–Crippen LogP) is 4.31. The number of aliphatic hydroxyl groups is 1. The standard InChI is InChI=1S/C15H11BrFNO2/c1-9(19)10-3-5-15(13(16)6-10)20-12-4-2-11(8-18)14(17)7-12/h2-7,9,19H,1H3/t9-/m0/s1. The Morgan fingerprint density at radius 2 is 2.05 bits per heavy atom. The van der Waals surface area contributed by atoms with E-state index in [1.54, 1.807) is 31.2 Å². The van der Waals surface area contributed by atoms with Crippen LogP contribution in [0.15, 0.2) is 40.9 Å². The maximum atomic E-state index is 13.5. The number of rotatable bonds is 3. The van der Waals surface area contributed by atoms with Crippen molar-refractivity contribution in [1.82, 2.24) is 0 Å². The molecule has 0 saturated carbocycles. The van der Waals surface area contributed by atoms with Crippen molar-refractivity contribution in [2.75, 3.05) is 0 Å². The van der Waals surface area contributed by atoms with Crippen LogP contribution in [-0.2, 0) is 0 Å². The SMILES string of the molecule is C[C@H](O)c1ccc(Oc2ccc(C#N)c(F)c2)c(Br)c1. The monoisotopic (exact) mass is 335 g/mol. The lowest BCUT2D eigenvalue weighted by Gasteiger charge is -2.11. The molecule has 0 heterocycles. The van der Waals surface area contributed by atoms with Gasteiger partial charge in [0, 0.05) is 6.07 Å². The molecule has 1 N–H and O–H groups in total. The maximum Gasteiger partial charge on any atom is 0.144 e. The first-order valence-electron chi connectivity index (χ1n) is 5.86. The van der Waals surface area contributed by atoms with Crippen LogP contribution in [0, 0.1) is 17.1 Å². The van der Waals surface area contributed by atoms with Gasteiger partial charge in [-0.2, -0.15) is 5.26 Å². The summed E-state index contributed by atoms with van der Waals surface area (Å²) in [4.78, 5) is 0. The lowest BCUT2D eigenvalue weighted by atomic mass is 10.1. The van der Waals surface area contributed by atoms with Gasteiger partial charge < -0.3 is 9.84 Å². The molecule has 3 nitrogen and oxygen atoms in total. The normalized spacial score (nSPS) is 11.8. The van der Waals surface area contributed by atoms with Crippen LogP contribution in [0.2, 0.25) is 0 Å². The van der Waals surface area contributed by atoms with E-state index < -0.39 is 11.9 Å². The number of hydrogen-bond donors (Lipinski definition) is 1. The van der Waals surface area contributed by atoms with E-state index in [1.807, 2.05) is 0 Å². The highest BCUT2D eigenvalue weighted by Crippen LogP contribution is 2.32. The molecular formula is C15H11BrFNO2. The van der Waals surface area contributed by atoms with Gasteiger partial charge in [-0.15, -0.1) is 0 Å². The Labute approximate surface area is 124 Å². The Bertz CT molecular complexity index is 680. The molecule has 0 saturated heterocycles. The first-order chi connectivity index (χ1) is 9.51. The van der Waals surface area contributed by atoms with E-state index in [0.29, 0.717) is 16.0 Å². The Balaban J connectivity index is 2.26. The lowest BCUT2D eigenvalue weighted by molar-refractivity contribution is 0.199. The topological polar surface area (TPSA) is 53.2 Å². The summed E-state index contributed by atoms with van der Waals surface area (Å²) < 4.78 is 19.7. The van der Waals surface area contributed by atoms with Crippen LogP contribution in [0.3, 0.4) is 0 Å². The molecule has 0 fully saturated rings. The smallest absolute Gasteiger partial charge is 0.144 e. The van der Waals surface area contributed by atoms with E-state index in [9.17, 15) is 9.50 Å². The summed E-state index contributed by atoms with van der Waals surface area (Å²) in [5, 5.41) is 18.1. The van der Waals surface area contributed by atoms with Gasteiger partial charge in [-0.05, 0) is 52.7 Å². The highest BCUT2D eigenvalue weighted by atomic mass is 79.9. The van der Waals surface area contributed by atoms with Gasteiger partial charge >= 0.3 is 0 Å². The molecule has 5 heteroatoms. The third-order valence-electron chi connectivity index (χ3n) is 2.73. The Morgan fingerprint density at radius 3 is 2.60 bits per heavy atom. The van der Waals surface area contributed by atoms with Crippen molar-refractivity contribution in [2.24, 2.45) is 0 Å². The van der Waals surface area contributed by atoms with Crippen LogP contribution in [0.5, 0.6) is 11.5 Å². The summed E-state index contributed by atoms with van der Waals surface area (Å²) in [5.41, 5.74) is 0.719. The number of aliphatic hydroxyl groups excluding tert-OH is 1. The highest BCUT2D eigenvalue weighted by molar-refractivity contribution is 9.10. The molecule has 0 aliphatic carbocycles. The molecule has 0 aliphatic rings. The van der Waals surface area contributed by atoms with E-state index in [1.165, 1.54) is 12.1 Å². The van der Waals surface area contributed by atoms with E-state index in [-0.39, 0.29) is 5.56 Å². The van der Waals surface area contributed by atoms with Gasteiger partial charge in [-0.3, -0.25) is 0 Å². The zero-order valence-corrected chi connectivity index (χ0v) is 12.2. The molecule has 0 spiro atoms. The fraction of sp³-hybridized carbons (Fsp3) is 0.133. The maximum absolute atomic E-state index is 13.5. The zero-order chi connectivity index (χ0) is 14.7. The van der Waals surface area contributed by atoms with Crippen LogP contribution in [-0.4, -0.2) is 5.11 Å². The largest absolute Gasteiger partial charge is 0.456 e. The fourth-order valence-electron chi connectivity index (χ4n) is 1.64. The molecule has 1 atom stereocenters. The fourth-order valence-corrected chi connectivity index (χ4v) is 2.11. The van der Waals surface area contributed by atoms with Gasteiger partial charge in [-0.1, -0.05) is 6.07 Å². The quantitative estimate of drug-likeness (QED) is 0.909. The zero-order valence-electron chi connectivity index (χ0n) is 10.6. The Morgan fingerprint density at radius 1 is 1.30 bits per heavy atom. The van der Waals surface area contributed by atoms with Crippen LogP contribution < -0.4 is 4.74 Å². The third-order valence-corrected chi connectivity index (χ3v) is 3.35. The molecule has 0 amide bonds. The Hall–Kier alpha value is -1.90. The molecular weight excluding hydrogens is 325 g/mol. The van der Waals surface area contributed by atoms with Gasteiger partial charge in [-0.25, -0.2) is 4.39 Å². The Kier molecular flexibility index (Phi) is 4.38. The van der Waals surface area contributed by atoms with Crippen molar-refractivity contribution in [3.05, 3.63) is 57.8 Å². The van der Waals surface area contributed by atoms with Gasteiger partial charge in [0.15, 0.2) is 0 Å². The number of nitriles is 1. The first kappa shape index (κ1) is 14.5. The summed E-state index contributed by atoms with van der Waals surface area (Å²) >= 11 is 3.34. The summed E-state index contributed by atoms with van der Waals surface area (Å²) in [6, 6.07) is 10.9. The van der Waals surface area contributed by atoms with Gasteiger partial charge in [0.05, 0.1) is 16.1 Å². The summed E-state index contributed by atoms with van der Waals surface area (Å²) in [6.45, 7) is 1.66. The second-order valence-corrected chi connectivity index (χ2v) is 5.08. The van der Waals surface area contributed by atoms with Gasteiger partial charge in [0.1, 0.15) is 23.4 Å². The molecule has 0 bridgehead atoms. The second-order valence-electron chi connectivity index (χ2n) is 4.22. The third kappa shape index (κ3) is 3.16. The second kappa shape index (κ2) is 6.04. The lowest BCUT2D eigenvalue weighted by Crippen LogP contribution is -1.93. The van der Waals surface area contributed by atoms with Crippen molar-refractivity contribution in [1.29, 1.82) is 5.26 Å². The van der Waals surface area contributed by atoms with E-state index >= 15 is 0 Å². The van der Waals surface area contributed by atoms with Crippen LogP contribution in [0.4, 0.5) is 4.39 Å². The summed E-state index contributed by atoms with van der Waals surface area (Å²) in [5.74, 6) is 0.173. The minimum absolute atomic E-state index is 0.0270. The van der Waals surface area contributed by atoms with Crippen molar-refractivity contribution >= 4 is 15.9 Å². The highest BCUT2D eigenvalue weighted by Gasteiger charge is 2.09. The number of nitrogens with zero attached hydrogens (tertiary/aromatic N) is 1. The number of benzene rings is 2. The van der Waals surface area contributed by atoms with Crippen molar-refractivity contribution < 1.29 is 14.2 Å². The first-order valence-corrected chi connectivity index (χ1v) is 6.65. The average Bonchev–Trinajstić information content (AvgIpc) is 2.41. The van der Waals surface area contributed by atoms with Crippen LogP contribution in [0.1, 0.15) is 24.2 Å². The van der Waals surface area contributed by atoms with Crippen LogP contribution in [0.25, 0.3) is 0 Å².